The molecule has 1 aliphatic rings. The zero-order valence-corrected chi connectivity index (χ0v) is 14.2. The second-order valence-electron chi connectivity index (χ2n) is 6.73. The van der Waals surface area contributed by atoms with Crippen molar-refractivity contribution in [3.8, 4) is 5.75 Å². The number of esters is 1. The molecule has 7 heteroatoms. The predicted octanol–water partition coefficient (Wildman–Crippen LogP) is 1.36. The van der Waals surface area contributed by atoms with Crippen molar-refractivity contribution in [2.45, 2.75) is 45.3 Å². The lowest BCUT2D eigenvalue weighted by molar-refractivity contribution is -0.157. The molecule has 0 radical (unpaired) electrons. The predicted molar refractivity (Wildman–Crippen MR) is 87.8 cm³/mol. The molecule has 0 saturated heterocycles. The number of rotatable bonds is 5. The summed E-state index contributed by atoms with van der Waals surface area (Å²) in [5.74, 6) is -2.59. The summed E-state index contributed by atoms with van der Waals surface area (Å²) in [6.07, 6.45) is 0. The van der Waals surface area contributed by atoms with Crippen LogP contribution in [0, 0.1) is 0 Å². The van der Waals surface area contributed by atoms with Crippen LogP contribution in [0.3, 0.4) is 0 Å². The highest BCUT2D eigenvalue weighted by Crippen LogP contribution is 2.42. The fourth-order valence-corrected chi connectivity index (χ4v) is 2.71. The first-order valence-electron chi connectivity index (χ1n) is 7.68. The van der Waals surface area contributed by atoms with E-state index >= 15 is 0 Å². The Morgan fingerprint density at radius 2 is 1.92 bits per heavy atom. The van der Waals surface area contributed by atoms with E-state index in [9.17, 15) is 14.4 Å². The number of anilines is 1. The van der Waals surface area contributed by atoms with Crippen LogP contribution in [-0.4, -0.2) is 35.9 Å². The molecule has 7 nitrogen and oxygen atoms in total. The lowest BCUT2D eigenvalue weighted by atomic mass is 9.90. The highest BCUT2D eigenvalue weighted by molar-refractivity contribution is 6.38. The van der Waals surface area contributed by atoms with Crippen molar-refractivity contribution in [3.05, 3.63) is 23.8 Å². The zero-order chi connectivity index (χ0) is 18.1. The molecule has 2 atom stereocenters. The first-order chi connectivity index (χ1) is 11.1. The summed E-state index contributed by atoms with van der Waals surface area (Å²) < 4.78 is 10.7. The summed E-state index contributed by atoms with van der Waals surface area (Å²) in [5, 5.41) is 3.12. The summed E-state index contributed by atoms with van der Waals surface area (Å²) in [5.41, 5.74) is 5.76. The van der Waals surface area contributed by atoms with Gasteiger partial charge < -0.3 is 20.5 Å². The minimum atomic E-state index is -0.997. The Bertz CT molecular complexity index is 678. The van der Waals surface area contributed by atoms with Crippen LogP contribution < -0.4 is 15.8 Å². The molecule has 2 unspecified atom stereocenters. The number of Topliss-reactive ketones (excluding diaryl/α,β-unsaturated/α-hetero) is 1. The van der Waals surface area contributed by atoms with Crippen LogP contribution in [0.4, 0.5) is 5.69 Å². The molecule has 0 bridgehead atoms. The minimum absolute atomic E-state index is 0.292. The summed E-state index contributed by atoms with van der Waals surface area (Å²) in [4.78, 5) is 35.3. The number of nitrogens with two attached hydrogens (primary N) is 1. The number of fused-ring (bicyclic) bond motifs is 1. The monoisotopic (exact) mass is 334 g/mol. The van der Waals surface area contributed by atoms with E-state index in [1.165, 1.54) is 0 Å². The maximum atomic E-state index is 12.1. The third-order valence-electron chi connectivity index (χ3n) is 3.55. The van der Waals surface area contributed by atoms with Gasteiger partial charge in [0.1, 0.15) is 11.4 Å². The van der Waals surface area contributed by atoms with Gasteiger partial charge >= 0.3 is 5.97 Å². The summed E-state index contributed by atoms with van der Waals surface area (Å²) in [6.45, 7) is 6.78. The molecule has 1 heterocycles. The first-order valence-corrected chi connectivity index (χ1v) is 7.68. The van der Waals surface area contributed by atoms with Crippen molar-refractivity contribution in [3.63, 3.8) is 0 Å². The quantitative estimate of drug-likeness (QED) is 0.622. The van der Waals surface area contributed by atoms with Gasteiger partial charge in [-0.15, -0.1) is 0 Å². The van der Waals surface area contributed by atoms with Crippen molar-refractivity contribution in [2.75, 3.05) is 11.9 Å². The Morgan fingerprint density at radius 3 is 2.50 bits per heavy atom. The van der Waals surface area contributed by atoms with E-state index in [1.54, 1.807) is 45.9 Å². The first kappa shape index (κ1) is 17.8. The number of ketones is 1. The Balaban J connectivity index is 2.22. The van der Waals surface area contributed by atoms with Gasteiger partial charge in [-0.05, 0) is 39.8 Å². The summed E-state index contributed by atoms with van der Waals surface area (Å²) in [7, 11) is 0. The maximum absolute atomic E-state index is 12.1. The molecule has 0 fully saturated rings. The third-order valence-corrected chi connectivity index (χ3v) is 3.55. The van der Waals surface area contributed by atoms with E-state index in [2.05, 4.69) is 5.32 Å². The fraction of sp³-hybridized carbons (Fsp3) is 0.471. The second-order valence-corrected chi connectivity index (χ2v) is 6.73. The van der Waals surface area contributed by atoms with Gasteiger partial charge in [0, 0.05) is 17.3 Å². The minimum Gasteiger partial charge on any atom is -0.482 e. The van der Waals surface area contributed by atoms with Crippen LogP contribution >= 0.6 is 0 Å². The SMILES string of the molecule is CC1Nc2cccc(OCC(=O)OC(C)(C)C)c2C1C(=O)C(N)=O. The molecule has 130 valence electrons. The van der Waals surface area contributed by atoms with Crippen LogP contribution in [0.5, 0.6) is 5.75 Å². The van der Waals surface area contributed by atoms with Crippen molar-refractivity contribution in [2.24, 2.45) is 5.73 Å². The standard InChI is InChI=1S/C17H22N2O5/c1-9-13(15(21)16(18)22)14-10(19-9)6-5-7-11(14)23-8-12(20)24-17(2,3)4/h5-7,9,13,19H,8H2,1-4H3,(H2,18,22). The van der Waals surface area contributed by atoms with Gasteiger partial charge in [-0.25, -0.2) is 4.79 Å². The molecule has 1 aliphatic heterocycles. The number of benzene rings is 1. The number of nitrogens with one attached hydrogen (secondary N) is 1. The highest BCUT2D eigenvalue weighted by Gasteiger charge is 2.39. The molecular formula is C17H22N2O5. The number of ether oxygens (including phenoxy) is 2. The second kappa shape index (κ2) is 6.51. The molecule has 1 amide bonds. The van der Waals surface area contributed by atoms with Crippen LogP contribution in [0.1, 0.15) is 39.2 Å². The van der Waals surface area contributed by atoms with Crippen molar-refractivity contribution < 1.29 is 23.9 Å². The van der Waals surface area contributed by atoms with Crippen LogP contribution in [0.15, 0.2) is 18.2 Å². The van der Waals surface area contributed by atoms with E-state index in [4.69, 9.17) is 15.2 Å². The molecular weight excluding hydrogens is 312 g/mol. The van der Waals surface area contributed by atoms with Gasteiger partial charge in [0.15, 0.2) is 6.61 Å². The van der Waals surface area contributed by atoms with Crippen molar-refractivity contribution in [1.82, 2.24) is 0 Å². The van der Waals surface area contributed by atoms with Crippen LogP contribution in [0.2, 0.25) is 0 Å². The van der Waals surface area contributed by atoms with Gasteiger partial charge in [-0.1, -0.05) is 6.07 Å². The number of primary amides is 1. The van der Waals surface area contributed by atoms with Gasteiger partial charge in [0.25, 0.3) is 5.91 Å². The van der Waals surface area contributed by atoms with Gasteiger partial charge in [0.05, 0.1) is 5.92 Å². The van der Waals surface area contributed by atoms with Crippen molar-refractivity contribution >= 4 is 23.3 Å². The maximum Gasteiger partial charge on any atom is 0.344 e. The highest BCUT2D eigenvalue weighted by atomic mass is 16.6. The van der Waals surface area contributed by atoms with Gasteiger partial charge in [0.2, 0.25) is 5.78 Å². The topological polar surface area (TPSA) is 108 Å². The molecule has 0 saturated carbocycles. The van der Waals surface area contributed by atoms with Crippen LogP contribution in [-0.2, 0) is 19.1 Å². The van der Waals surface area contributed by atoms with Crippen molar-refractivity contribution in [1.29, 1.82) is 0 Å². The van der Waals surface area contributed by atoms with E-state index < -0.39 is 29.2 Å². The summed E-state index contributed by atoms with van der Waals surface area (Å²) >= 11 is 0. The number of amides is 1. The van der Waals surface area contributed by atoms with E-state index in [0.29, 0.717) is 17.0 Å². The number of hydrogen-bond donors (Lipinski definition) is 2. The smallest absolute Gasteiger partial charge is 0.344 e. The normalized spacial score (nSPS) is 19.2. The molecule has 2 rings (SSSR count). The van der Waals surface area contributed by atoms with Gasteiger partial charge in [-0.3, -0.25) is 9.59 Å². The Morgan fingerprint density at radius 1 is 1.25 bits per heavy atom. The number of carbonyl (C=O) groups excluding carboxylic acids is 3. The lowest BCUT2D eigenvalue weighted by Crippen LogP contribution is -2.34. The van der Waals surface area contributed by atoms with Crippen LogP contribution in [0.25, 0.3) is 0 Å². The average Bonchev–Trinajstić information content (AvgIpc) is 2.78. The van der Waals surface area contributed by atoms with E-state index in [-0.39, 0.29) is 12.6 Å². The van der Waals surface area contributed by atoms with E-state index in [0.717, 1.165) is 0 Å². The molecule has 0 spiro atoms. The Labute approximate surface area is 140 Å². The molecule has 0 aromatic heterocycles. The number of carbonyl (C=O) groups is 3. The molecule has 1 aromatic rings. The summed E-state index contributed by atoms with van der Waals surface area (Å²) in [6, 6.07) is 4.86. The molecule has 0 aliphatic carbocycles. The van der Waals surface area contributed by atoms with E-state index in [1.807, 2.05) is 0 Å². The Kier molecular flexibility index (Phi) is 4.82. The number of hydrogen-bond acceptors (Lipinski definition) is 6. The lowest BCUT2D eigenvalue weighted by Gasteiger charge is -2.20. The molecule has 24 heavy (non-hydrogen) atoms. The fourth-order valence-electron chi connectivity index (χ4n) is 2.71. The van der Waals surface area contributed by atoms with Gasteiger partial charge in [-0.2, -0.15) is 0 Å². The Hall–Kier alpha value is -2.57. The molecule has 3 N–H and O–H groups in total. The average molecular weight is 334 g/mol. The largest absolute Gasteiger partial charge is 0.482 e. The molecule has 1 aromatic carbocycles. The third kappa shape index (κ3) is 3.84. The zero-order valence-electron chi connectivity index (χ0n) is 14.2.